The lowest BCUT2D eigenvalue weighted by Crippen LogP contribution is -2.29. The van der Waals surface area contributed by atoms with Crippen molar-refractivity contribution in [2.45, 2.75) is 38.1 Å². The average Bonchev–Trinajstić information content (AvgIpc) is 3.37. The van der Waals surface area contributed by atoms with Crippen LogP contribution in [0.5, 0.6) is 0 Å². The van der Waals surface area contributed by atoms with Crippen LogP contribution in [-0.4, -0.2) is 43.0 Å². The van der Waals surface area contributed by atoms with Gasteiger partial charge in [-0.05, 0) is 50.3 Å². The second-order valence-corrected chi connectivity index (χ2v) is 7.84. The van der Waals surface area contributed by atoms with E-state index in [1.165, 1.54) is 35.1 Å². The maximum atomic E-state index is 13.0. The van der Waals surface area contributed by atoms with Crippen molar-refractivity contribution in [3.05, 3.63) is 58.2 Å². The van der Waals surface area contributed by atoms with Crippen LogP contribution in [0.3, 0.4) is 0 Å². The van der Waals surface area contributed by atoms with Crippen LogP contribution in [0.25, 0.3) is 10.9 Å². The number of likely N-dealkylation sites (tertiary alicyclic amines) is 1. The van der Waals surface area contributed by atoms with E-state index in [-0.39, 0.29) is 11.5 Å². The molecular weight excluding hydrogens is 354 g/mol. The first kappa shape index (κ1) is 17.2. The molecule has 0 saturated carbocycles. The quantitative estimate of drug-likeness (QED) is 0.686. The molecule has 28 heavy (non-hydrogen) atoms. The third-order valence-corrected chi connectivity index (χ3v) is 6.07. The van der Waals surface area contributed by atoms with Gasteiger partial charge in [0.05, 0.1) is 35.3 Å². The fourth-order valence-corrected chi connectivity index (χ4v) is 4.49. The Balaban J connectivity index is 1.38. The molecular formula is C21H23N5O2. The van der Waals surface area contributed by atoms with Crippen LogP contribution in [0.2, 0.25) is 0 Å². The van der Waals surface area contributed by atoms with Gasteiger partial charge in [-0.1, -0.05) is 0 Å². The second-order valence-electron chi connectivity index (χ2n) is 7.84. The summed E-state index contributed by atoms with van der Waals surface area (Å²) in [5.74, 6) is 0.000796. The van der Waals surface area contributed by atoms with Crippen molar-refractivity contribution in [2.24, 2.45) is 7.05 Å². The number of amides is 1. The number of benzene rings is 1. The van der Waals surface area contributed by atoms with Crippen LogP contribution < -0.4 is 5.56 Å². The summed E-state index contributed by atoms with van der Waals surface area (Å²) in [6, 6.07) is 5.47. The van der Waals surface area contributed by atoms with Crippen LogP contribution in [0.4, 0.5) is 0 Å². The lowest BCUT2D eigenvalue weighted by Gasteiger charge is -2.20. The van der Waals surface area contributed by atoms with Crippen molar-refractivity contribution >= 4 is 16.8 Å². The van der Waals surface area contributed by atoms with Gasteiger partial charge in [0, 0.05) is 31.4 Å². The van der Waals surface area contributed by atoms with Gasteiger partial charge in [0.1, 0.15) is 0 Å². The molecule has 0 N–H and O–H groups in total. The molecule has 5 rings (SSSR count). The molecule has 7 heteroatoms. The van der Waals surface area contributed by atoms with Crippen molar-refractivity contribution in [1.29, 1.82) is 0 Å². The number of rotatable bonds is 2. The zero-order chi connectivity index (χ0) is 19.3. The predicted molar refractivity (Wildman–Crippen MR) is 105 cm³/mol. The summed E-state index contributed by atoms with van der Waals surface area (Å²) in [6.45, 7) is 1.43. The SMILES string of the molecule is Cn1cnc2cc(C(=O)N3CCC(n4cnc5c4CCCC5)C3)ccc2c1=O. The minimum atomic E-state index is -0.102. The van der Waals surface area contributed by atoms with Gasteiger partial charge in [-0.25, -0.2) is 9.97 Å². The first-order valence-corrected chi connectivity index (χ1v) is 9.91. The van der Waals surface area contributed by atoms with E-state index in [1.54, 1.807) is 25.2 Å². The summed E-state index contributed by atoms with van der Waals surface area (Å²) in [6.07, 6.45) is 9.00. The Morgan fingerprint density at radius 2 is 2.00 bits per heavy atom. The second kappa shape index (κ2) is 6.58. The topological polar surface area (TPSA) is 73.0 Å². The van der Waals surface area contributed by atoms with Crippen LogP contribution >= 0.6 is 0 Å². The first-order valence-electron chi connectivity index (χ1n) is 9.91. The van der Waals surface area contributed by atoms with Gasteiger partial charge in [0.15, 0.2) is 0 Å². The number of hydrogen-bond acceptors (Lipinski definition) is 4. The van der Waals surface area contributed by atoms with Crippen molar-refractivity contribution < 1.29 is 4.79 Å². The van der Waals surface area contributed by atoms with Gasteiger partial charge < -0.3 is 14.0 Å². The Bertz CT molecular complexity index is 1130. The van der Waals surface area contributed by atoms with Gasteiger partial charge in [-0.15, -0.1) is 0 Å². The van der Waals surface area contributed by atoms with Gasteiger partial charge in [0.2, 0.25) is 0 Å². The molecule has 7 nitrogen and oxygen atoms in total. The highest BCUT2D eigenvalue weighted by Crippen LogP contribution is 2.29. The molecule has 1 unspecified atom stereocenters. The molecule has 0 bridgehead atoms. The molecule has 1 fully saturated rings. The maximum absolute atomic E-state index is 13.0. The zero-order valence-electron chi connectivity index (χ0n) is 16.0. The minimum Gasteiger partial charge on any atom is -0.336 e. The summed E-state index contributed by atoms with van der Waals surface area (Å²) >= 11 is 0. The molecule has 2 aliphatic rings. The van der Waals surface area contributed by atoms with Crippen LogP contribution in [-0.2, 0) is 19.9 Å². The molecule has 0 radical (unpaired) electrons. The van der Waals surface area contributed by atoms with E-state index in [9.17, 15) is 9.59 Å². The summed E-state index contributed by atoms with van der Waals surface area (Å²) in [5.41, 5.74) is 3.64. The summed E-state index contributed by atoms with van der Waals surface area (Å²) in [7, 11) is 1.67. The van der Waals surface area contributed by atoms with Crippen LogP contribution in [0.15, 0.2) is 35.6 Å². The number of carbonyl (C=O) groups excluding carboxylic acids is 1. The fraction of sp³-hybridized carbons (Fsp3) is 0.429. The summed E-state index contributed by atoms with van der Waals surface area (Å²) < 4.78 is 3.74. The van der Waals surface area contributed by atoms with E-state index in [0.717, 1.165) is 25.8 Å². The van der Waals surface area contributed by atoms with E-state index >= 15 is 0 Å². The Kier molecular flexibility index (Phi) is 4.03. The highest BCUT2D eigenvalue weighted by Gasteiger charge is 2.30. The Morgan fingerprint density at radius 1 is 1.14 bits per heavy atom. The van der Waals surface area contributed by atoms with E-state index in [2.05, 4.69) is 14.5 Å². The molecule has 1 aromatic carbocycles. The van der Waals surface area contributed by atoms with Gasteiger partial charge >= 0.3 is 0 Å². The highest BCUT2D eigenvalue weighted by molar-refractivity contribution is 5.97. The predicted octanol–water partition coefficient (Wildman–Crippen LogP) is 2.10. The molecule has 3 aromatic rings. The Morgan fingerprint density at radius 3 is 2.89 bits per heavy atom. The number of aryl methyl sites for hydroxylation is 2. The largest absolute Gasteiger partial charge is 0.336 e. The maximum Gasteiger partial charge on any atom is 0.260 e. The first-order chi connectivity index (χ1) is 13.6. The monoisotopic (exact) mass is 377 g/mol. The molecule has 1 amide bonds. The Hall–Kier alpha value is -2.96. The van der Waals surface area contributed by atoms with Gasteiger partial charge in [-0.2, -0.15) is 0 Å². The number of carbonyl (C=O) groups is 1. The number of aromatic nitrogens is 4. The molecule has 1 atom stereocenters. The molecule has 1 aliphatic heterocycles. The van der Waals surface area contributed by atoms with E-state index in [4.69, 9.17) is 0 Å². The highest BCUT2D eigenvalue weighted by atomic mass is 16.2. The molecule has 3 heterocycles. The molecule has 0 spiro atoms. The number of fused-ring (bicyclic) bond motifs is 2. The van der Waals surface area contributed by atoms with Crippen molar-refractivity contribution in [3.63, 3.8) is 0 Å². The van der Waals surface area contributed by atoms with Crippen LogP contribution in [0, 0.1) is 0 Å². The lowest BCUT2D eigenvalue weighted by atomic mass is 10.0. The number of nitrogens with zero attached hydrogens (tertiary/aromatic N) is 5. The molecule has 1 saturated heterocycles. The molecule has 1 aliphatic carbocycles. The minimum absolute atomic E-state index is 0.000796. The van der Waals surface area contributed by atoms with Crippen molar-refractivity contribution in [2.75, 3.05) is 13.1 Å². The van der Waals surface area contributed by atoms with E-state index in [1.807, 2.05) is 11.2 Å². The van der Waals surface area contributed by atoms with E-state index in [0.29, 0.717) is 29.1 Å². The standard InChI is InChI=1S/C21H23N5O2/c1-24-12-22-18-10-14(6-7-16(18)21(24)28)20(27)25-9-8-15(11-25)26-13-23-17-4-2-3-5-19(17)26/h6-7,10,12-13,15H,2-5,8-9,11H2,1H3. The number of imidazole rings is 1. The van der Waals surface area contributed by atoms with Crippen LogP contribution in [0.1, 0.15) is 47.1 Å². The van der Waals surface area contributed by atoms with Gasteiger partial charge in [-0.3, -0.25) is 9.59 Å². The van der Waals surface area contributed by atoms with Gasteiger partial charge in [0.25, 0.3) is 11.5 Å². The molecule has 2 aromatic heterocycles. The smallest absolute Gasteiger partial charge is 0.260 e. The molecule has 144 valence electrons. The third-order valence-electron chi connectivity index (χ3n) is 6.07. The lowest BCUT2D eigenvalue weighted by molar-refractivity contribution is 0.0787. The van der Waals surface area contributed by atoms with Crippen molar-refractivity contribution in [1.82, 2.24) is 24.0 Å². The third kappa shape index (κ3) is 2.73. The van der Waals surface area contributed by atoms with E-state index < -0.39 is 0 Å². The normalized spacial score (nSPS) is 19.2. The van der Waals surface area contributed by atoms with Crippen molar-refractivity contribution in [3.8, 4) is 0 Å². The summed E-state index contributed by atoms with van der Waals surface area (Å²) in [5, 5.41) is 0.533. The average molecular weight is 377 g/mol. The number of hydrogen-bond donors (Lipinski definition) is 0. The Labute approximate surface area is 162 Å². The summed E-state index contributed by atoms with van der Waals surface area (Å²) in [4.78, 5) is 36.0. The fourth-order valence-electron chi connectivity index (χ4n) is 4.49. The zero-order valence-corrected chi connectivity index (χ0v) is 16.0.